The highest BCUT2D eigenvalue weighted by atomic mass is 32.3. The van der Waals surface area contributed by atoms with Gasteiger partial charge in [-0.15, -0.1) is 11.7 Å². The lowest BCUT2D eigenvalue weighted by Gasteiger charge is -2.32. The van der Waals surface area contributed by atoms with E-state index < -0.39 is 16.1 Å². The number of ether oxygens (including phenoxy) is 1. The van der Waals surface area contributed by atoms with Gasteiger partial charge in [0.25, 0.3) is 5.91 Å². The summed E-state index contributed by atoms with van der Waals surface area (Å²) < 4.78 is 44.1. The quantitative estimate of drug-likeness (QED) is 0.523. The van der Waals surface area contributed by atoms with Crippen LogP contribution in [0.3, 0.4) is 0 Å². The van der Waals surface area contributed by atoms with E-state index >= 15 is 0 Å². The molecule has 0 bridgehead atoms. The highest BCUT2D eigenvalue weighted by molar-refractivity contribution is 8.20. The van der Waals surface area contributed by atoms with Gasteiger partial charge in [-0.25, -0.2) is 9.97 Å². The van der Waals surface area contributed by atoms with Crippen LogP contribution in [0, 0.1) is 0 Å². The average molecular weight is 479 g/mol. The Labute approximate surface area is 191 Å². The molecular formula is C23H25F3N4O2S. The SMILES string of the molecule is O=C(c1ccc(S(F)(F)F)cc1)N1CCC(c2c[nH]c3ncc(C4CCOCC4)nc23)CC1. The highest BCUT2D eigenvalue weighted by Crippen LogP contribution is 2.60. The summed E-state index contributed by atoms with van der Waals surface area (Å²) in [5, 5.41) is 0. The maximum atomic E-state index is 12.9. The minimum atomic E-state index is -5.28. The first-order valence-corrected chi connectivity index (χ1v) is 12.5. The first-order valence-electron chi connectivity index (χ1n) is 11.1. The van der Waals surface area contributed by atoms with Crippen molar-refractivity contribution >= 4 is 28.3 Å². The number of fused-ring (bicyclic) bond motifs is 1. The van der Waals surface area contributed by atoms with Crippen molar-refractivity contribution in [2.45, 2.75) is 42.4 Å². The molecule has 1 aromatic carbocycles. The average Bonchev–Trinajstić information content (AvgIpc) is 3.27. The standard InChI is InChI=1S/C23H25F3N4O2S/c24-33(25,26)18-3-1-17(2-4-18)23(31)30-9-5-15(6-10-30)19-13-27-22-21(19)29-20(14-28-22)16-7-11-32-12-8-16/h1-4,13-16H,5-12H2,(H,27,28). The number of benzene rings is 1. The second-order valence-corrected chi connectivity index (χ2v) is 9.90. The molecule has 2 fully saturated rings. The fraction of sp³-hybridized carbons (Fsp3) is 0.435. The van der Waals surface area contributed by atoms with E-state index in [2.05, 4.69) is 9.97 Å². The largest absolute Gasteiger partial charge is 0.381 e. The Bertz CT molecular complexity index is 1130. The van der Waals surface area contributed by atoms with Crippen LogP contribution >= 0.6 is 11.2 Å². The van der Waals surface area contributed by atoms with E-state index in [0.29, 0.717) is 24.6 Å². The van der Waals surface area contributed by atoms with Crippen molar-refractivity contribution in [1.82, 2.24) is 19.9 Å². The molecule has 6 nitrogen and oxygen atoms in total. The number of carbonyl (C=O) groups is 1. The molecule has 2 aromatic heterocycles. The van der Waals surface area contributed by atoms with Crippen molar-refractivity contribution in [3.05, 3.63) is 53.5 Å². The fourth-order valence-corrected chi connectivity index (χ4v) is 5.20. The molecule has 0 spiro atoms. The Balaban J connectivity index is 1.27. The van der Waals surface area contributed by atoms with E-state index in [1.807, 2.05) is 12.4 Å². The van der Waals surface area contributed by atoms with Gasteiger partial charge in [-0.05, 0) is 55.9 Å². The second kappa shape index (κ2) is 8.98. The van der Waals surface area contributed by atoms with Crippen LogP contribution in [0.4, 0.5) is 11.7 Å². The summed E-state index contributed by atoms with van der Waals surface area (Å²) in [6, 6.07) is 4.54. The molecule has 1 N–H and O–H groups in total. The van der Waals surface area contributed by atoms with Crippen molar-refractivity contribution in [1.29, 1.82) is 0 Å². The van der Waals surface area contributed by atoms with Crippen molar-refractivity contribution in [3.63, 3.8) is 0 Å². The van der Waals surface area contributed by atoms with Gasteiger partial charge in [0.15, 0.2) is 5.65 Å². The molecule has 3 aromatic rings. The molecule has 0 saturated carbocycles. The molecule has 2 saturated heterocycles. The summed E-state index contributed by atoms with van der Waals surface area (Å²) in [7, 11) is 0. The van der Waals surface area contributed by atoms with Crippen molar-refractivity contribution in [2.75, 3.05) is 26.3 Å². The lowest BCUT2D eigenvalue weighted by Crippen LogP contribution is -2.37. The van der Waals surface area contributed by atoms with Crippen molar-refractivity contribution in [3.8, 4) is 0 Å². The van der Waals surface area contributed by atoms with Crippen LogP contribution in [0.1, 0.15) is 59.1 Å². The van der Waals surface area contributed by atoms with Crippen LogP contribution in [0.25, 0.3) is 11.2 Å². The molecule has 2 aliphatic rings. The van der Waals surface area contributed by atoms with Gasteiger partial charge in [0, 0.05) is 49.5 Å². The molecule has 0 radical (unpaired) electrons. The van der Waals surface area contributed by atoms with Crippen LogP contribution in [-0.2, 0) is 4.74 Å². The fourth-order valence-electron chi connectivity index (χ4n) is 4.75. The zero-order valence-corrected chi connectivity index (χ0v) is 18.8. The molecule has 176 valence electrons. The number of hydrogen-bond donors (Lipinski definition) is 1. The molecule has 1 amide bonds. The van der Waals surface area contributed by atoms with Gasteiger partial charge in [0.2, 0.25) is 11.2 Å². The monoisotopic (exact) mass is 478 g/mol. The maximum Gasteiger partial charge on any atom is 0.253 e. The summed E-state index contributed by atoms with van der Waals surface area (Å²) in [6.45, 7) is 2.60. The van der Waals surface area contributed by atoms with Gasteiger partial charge in [-0.2, -0.15) is 0 Å². The predicted molar refractivity (Wildman–Crippen MR) is 120 cm³/mol. The predicted octanol–water partition coefficient (Wildman–Crippen LogP) is 5.69. The van der Waals surface area contributed by atoms with E-state index in [9.17, 15) is 16.5 Å². The second-order valence-electron chi connectivity index (χ2n) is 8.62. The van der Waals surface area contributed by atoms with Crippen molar-refractivity contribution in [2.24, 2.45) is 0 Å². The minimum absolute atomic E-state index is 0.224. The van der Waals surface area contributed by atoms with Crippen molar-refractivity contribution < 1.29 is 21.2 Å². The van der Waals surface area contributed by atoms with Gasteiger partial charge >= 0.3 is 0 Å². The van der Waals surface area contributed by atoms with Gasteiger partial charge < -0.3 is 14.6 Å². The number of H-pyrrole nitrogens is 1. The number of hydrogen-bond acceptors (Lipinski definition) is 4. The molecule has 0 aliphatic carbocycles. The van der Waals surface area contributed by atoms with Gasteiger partial charge in [-0.1, -0.05) is 0 Å². The van der Waals surface area contributed by atoms with Crippen LogP contribution < -0.4 is 0 Å². The first-order chi connectivity index (χ1) is 15.9. The molecular weight excluding hydrogens is 453 g/mol. The van der Waals surface area contributed by atoms with E-state index in [4.69, 9.17) is 9.72 Å². The topological polar surface area (TPSA) is 71.1 Å². The Morgan fingerprint density at radius 3 is 2.39 bits per heavy atom. The van der Waals surface area contributed by atoms with E-state index in [-0.39, 0.29) is 11.8 Å². The number of aromatic nitrogens is 3. The van der Waals surface area contributed by atoms with Gasteiger partial charge in [-0.3, -0.25) is 4.79 Å². The lowest BCUT2D eigenvalue weighted by atomic mass is 9.90. The van der Waals surface area contributed by atoms with Gasteiger partial charge in [0.1, 0.15) is 5.52 Å². The number of rotatable bonds is 4. The molecule has 10 heteroatoms. The van der Waals surface area contributed by atoms with Crippen LogP contribution in [0.15, 0.2) is 41.6 Å². The van der Waals surface area contributed by atoms with Crippen LogP contribution in [0.2, 0.25) is 0 Å². The van der Waals surface area contributed by atoms with Gasteiger partial charge in [0.05, 0.1) is 16.8 Å². The first kappa shape index (κ1) is 22.2. The van der Waals surface area contributed by atoms with Crippen LogP contribution in [-0.4, -0.2) is 52.1 Å². The number of likely N-dealkylation sites (tertiary alicyclic amines) is 1. The van der Waals surface area contributed by atoms with E-state index in [1.165, 1.54) is 12.1 Å². The third kappa shape index (κ3) is 4.59. The summed E-state index contributed by atoms with van der Waals surface area (Å²) in [5.41, 5.74) is 4.08. The Kier molecular flexibility index (Phi) is 6.05. The number of piperidine rings is 1. The summed E-state index contributed by atoms with van der Waals surface area (Å²) in [4.78, 5) is 26.6. The third-order valence-corrected chi connectivity index (χ3v) is 7.47. The number of halogens is 3. The van der Waals surface area contributed by atoms with E-state index in [1.54, 1.807) is 4.90 Å². The third-order valence-electron chi connectivity index (χ3n) is 6.66. The summed E-state index contributed by atoms with van der Waals surface area (Å²) in [5.74, 6) is 0.388. The highest BCUT2D eigenvalue weighted by Gasteiger charge is 2.29. The lowest BCUT2D eigenvalue weighted by molar-refractivity contribution is 0.0713. The number of carbonyl (C=O) groups excluding carboxylic acids is 1. The zero-order chi connectivity index (χ0) is 23.0. The Morgan fingerprint density at radius 2 is 1.73 bits per heavy atom. The molecule has 0 atom stereocenters. The zero-order valence-electron chi connectivity index (χ0n) is 18.0. The number of aromatic amines is 1. The number of nitrogens with zero attached hydrogens (tertiary/aromatic N) is 3. The normalized spacial score (nSPS) is 19.2. The van der Waals surface area contributed by atoms with E-state index in [0.717, 1.165) is 73.5 Å². The molecule has 0 unspecified atom stereocenters. The van der Waals surface area contributed by atoms with Crippen LogP contribution in [0.5, 0.6) is 0 Å². The molecule has 5 rings (SSSR count). The number of nitrogens with one attached hydrogen (secondary N) is 1. The molecule has 4 heterocycles. The summed E-state index contributed by atoms with van der Waals surface area (Å²) in [6.07, 6.45) is 7.26. The molecule has 2 aliphatic heterocycles. The maximum absolute atomic E-state index is 12.9. The summed E-state index contributed by atoms with van der Waals surface area (Å²) >= 11 is -5.28. The smallest absolute Gasteiger partial charge is 0.253 e. The minimum Gasteiger partial charge on any atom is -0.381 e. The molecule has 33 heavy (non-hydrogen) atoms. The Hall–Kier alpha value is -2.59. The Morgan fingerprint density at radius 1 is 1.03 bits per heavy atom. The number of amides is 1.